The fourth-order valence-corrected chi connectivity index (χ4v) is 2.64. The maximum Gasteiger partial charge on any atom is 0.0617 e. The van der Waals surface area contributed by atoms with Crippen LogP contribution in [0.1, 0.15) is 18.4 Å². The predicted octanol–water partition coefficient (Wildman–Crippen LogP) is 1.94. The molecule has 1 aromatic rings. The molecule has 17 heavy (non-hydrogen) atoms. The molecule has 0 unspecified atom stereocenters. The molecule has 1 fully saturated rings. The Morgan fingerprint density at radius 2 is 2.18 bits per heavy atom. The maximum atomic E-state index is 5.96. The van der Waals surface area contributed by atoms with Crippen LogP contribution in [0.4, 0.5) is 5.69 Å². The molecule has 1 aromatic carbocycles. The molecular formula is C14H22N2O. The molecule has 0 atom stereocenters. The predicted molar refractivity (Wildman–Crippen MR) is 71.4 cm³/mol. The molecule has 0 aromatic heterocycles. The molecular weight excluding hydrogens is 212 g/mol. The van der Waals surface area contributed by atoms with Gasteiger partial charge in [-0.2, -0.15) is 0 Å². The van der Waals surface area contributed by atoms with Crippen molar-refractivity contribution >= 4 is 5.69 Å². The third-order valence-electron chi connectivity index (χ3n) is 4.03. The van der Waals surface area contributed by atoms with E-state index in [4.69, 9.17) is 10.5 Å². The molecule has 0 amide bonds. The lowest BCUT2D eigenvalue weighted by molar-refractivity contribution is -0.0123. The van der Waals surface area contributed by atoms with E-state index in [1.165, 1.54) is 11.3 Å². The Morgan fingerprint density at radius 1 is 1.47 bits per heavy atom. The number of ether oxygens (including phenoxy) is 1. The Balaban J connectivity index is 2.16. The second-order valence-corrected chi connectivity index (χ2v) is 5.09. The highest BCUT2D eigenvalue weighted by atomic mass is 16.5. The lowest BCUT2D eigenvalue weighted by Gasteiger charge is -2.53. The molecule has 3 heteroatoms. The largest absolute Gasteiger partial charge is 0.381 e. The Bertz CT molecular complexity index is 386. The van der Waals surface area contributed by atoms with Crippen LogP contribution in [0.15, 0.2) is 24.3 Å². The molecule has 0 spiro atoms. The van der Waals surface area contributed by atoms with E-state index in [-0.39, 0.29) is 5.54 Å². The summed E-state index contributed by atoms with van der Waals surface area (Å²) in [5.74, 6) is 0. The fraction of sp³-hybridized carbons (Fsp3) is 0.571. The van der Waals surface area contributed by atoms with Gasteiger partial charge in [0.15, 0.2) is 0 Å². The number of nitrogens with two attached hydrogens (primary N) is 1. The van der Waals surface area contributed by atoms with E-state index in [0.29, 0.717) is 12.6 Å². The molecule has 0 saturated heterocycles. The second kappa shape index (κ2) is 4.67. The smallest absolute Gasteiger partial charge is 0.0617 e. The zero-order valence-corrected chi connectivity index (χ0v) is 10.9. The van der Waals surface area contributed by atoms with Gasteiger partial charge in [0.2, 0.25) is 0 Å². The molecule has 0 bridgehead atoms. The van der Waals surface area contributed by atoms with Crippen molar-refractivity contribution in [3.8, 4) is 0 Å². The molecule has 2 rings (SSSR count). The van der Waals surface area contributed by atoms with Gasteiger partial charge in [-0.25, -0.2) is 0 Å². The molecule has 0 radical (unpaired) electrons. The maximum absolute atomic E-state index is 5.96. The number of hydrogen-bond acceptors (Lipinski definition) is 3. The Hall–Kier alpha value is -1.06. The van der Waals surface area contributed by atoms with Gasteiger partial charge in [0, 0.05) is 26.4 Å². The van der Waals surface area contributed by atoms with Crippen LogP contribution < -0.4 is 10.6 Å². The van der Waals surface area contributed by atoms with Crippen molar-refractivity contribution in [3.05, 3.63) is 29.8 Å². The number of aryl methyl sites for hydroxylation is 1. The minimum atomic E-state index is 0.0778. The molecule has 1 aliphatic rings. The molecule has 2 N–H and O–H groups in total. The lowest BCUT2D eigenvalue weighted by Crippen LogP contribution is -2.63. The summed E-state index contributed by atoms with van der Waals surface area (Å²) in [6.45, 7) is 2.79. The molecule has 1 saturated carbocycles. The van der Waals surface area contributed by atoms with Crippen LogP contribution in [-0.2, 0) is 4.74 Å². The monoisotopic (exact) mass is 234 g/mol. The molecule has 94 valence electrons. The van der Waals surface area contributed by atoms with E-state index in [1.807, 2.05) is 0 Å². The first-order valence-electron chi connectivity index (χ1n) is 6.15. The standard InChI is InChI=1S/C14H22N2O/c1-11-5-4-6-12(7-11)16(2)14(10-15)8-13(9-14)17-3/h4-7,13H,8-10,15H2,1-3H3. The van der Waals surface area contributed by atoms with E-state index in [2.05, 4.69) is 43.1 Å². The summed E-state index contributed by atoms with van der Waals surface area (Å²) in [4.78, 5) is 2.32. The highest BCUT2D eigenvalue weighted by Crippen LogP contribution is 2.40. The van der Waals surface area contributed by atoms with Crippen LogP contribution in [-0.4, -0.2) is 32.3 Å². The van der Waals surface area contributed by atoms with Crippen molar-refractivity contribution in [2.75, 3.05) is 25.6 Å². The van der Waals surface area contributed by atoms with Crippen LogP contribution in [0.25, 0.3) is 0 Å². The Kier molecular flexibility index (Phi) is 3.40. The summed E-state index contributed by atoms with van der Waals surface area (Å²) in [6.07, 6.45) is 2.40. The van der Waals surface area contributed by atoms with E-state index >= 15 is 0 Å². The lowest BCUT2D eigenvalue weighted by atomic mass is 9.72. The zero-order valence-electron chi connectivity index (χ0n) is 10.9. The number of anilines is 1. The van der Waals surface area contributed by atoms with Gasteiger partial charge in [-0.15, -0.1) is 0 Å². The SMILES string of the molecule is COC1CC(CN)(N(C)c2cccc(C)c2)C1. The number of benzene rings is 1. The average Bonchev–Trinajstić information content (AvgIpc) is 2.28. The van der Waals surface area contributed by atoms with Gasteiger partial charge < -0.3 is 15.4 Å². The molecule has 3 nitrogen and oxygen atoms in total. The van der Waals surface area contributed by atoms with Gasteiger partial charge in [-0.05, 0) is 37.5 Å². The Morgan fingerprint density at radius 3 is 2.71 bits per heavy atom. The van der Waals surface area contributed by atoms with Gasteiger partial charge >= 0.3 is 0 Å². The number of hydrogen-bond donors (Lipinski definition) is 1. The highest BCUT2D eigenvalue weighted by Gasteiger charge is 2.46. The van der Waals surface area contributed by atoms with Crippen LogP contribution in [0.5, 0.6) is 0 Å². The van der Waals surface area contributed by atoms with E-state index in [9.17, 15) is 0 Å². The Labute approximate surface area is 104 Å². The number of methoxy groups -OCH3 is 1. The van der Waals surface area contributed by atoms with Crippen LogP contribution >= 0.6 is 0 Å². The normalized spacial score (nSPS) is 27.6. The van der Waals surface area contributed by atoms with Crippen molar-refractivity contribution in [1.82, 2.24) is 0 Å². The third kappa shape index (κ3) is 2.17. The highest BCUT2D eigenvalue weighted by molar-refractivity contribution is 5.51. The summed E-state index contributed by atoms with van der Waals surface area (Å²) in [7, 11) is 3.91. The minimum absolute atomic E-state index is 0.0778. The quantitative estimate of drug-likeness (QED) is 0.865. The molecule has 0 aliphatic heterocycles. The summed E-state index contributed by atoms with van der Waals surface area (Å²) in [5, 5.41) is 0. The first-order valence-corrected chi connectivity index (χ1v) is 6.15. The summed E-state index contributed by atoms with van der Waals surface area (Å²) < 4.78 is 5.37. The van der Waals surface area contributed by atoms with Gasteiger partial charge in [-0.3, -0.25) is 0 Å². The first kappa shape index (κ1) is 12.4. The van der Waals surface area contributed by atoms with Crippen molar-refractivity contribution in [1.29, 1.82) is 0 Å². The van der Waals surface area contributed by atoms with Crippen molar-refractivity contribution < 1.29 is 4.74 Å². The van der Waals surface area contributed by atoms with Gasteiger partial charge in [0.1, 0.15) is 0 Å². The van der Waals surface area contributed by atoms with Crippen LogP contribution in [0.3, 0.4) is 0 Å². The summed E-state index contributed by atoms with van der Waals surface area (Å²) in [5.41, 5.74) is 8.57. The number of nitrogens with zero attached hydrogens (tertiary/aromatic N) is 1. The van der Waals surface area contributed by atoms with Crippen LogP contribution in [0.2, 0.25) is 0 Å². The van der Waals surface area contributed by atoms with Gasteiger partial charge in [0.25, 0.3) is 0 Å². The van der Waals surface area contributed by atoms with Crippen molar-refractivity contribution in [2.24, 2.45) is 5.73 Å². The molecule has 1 aliphatic carbocycles. The number of likely N-dealkylation sites (N-methyl/N-ethyl adjacent to an activating group) is 1. The van der Waals surface area contributed by atoms with E-state index < -0.39 is 0 Å². The van der Waals surface area contributed by atoms with Crippen molar-refractivity contribution in [3.63, 3.8) is 0 Å². The van der Waals surface area contributed by atoms with Crippen molar-refractivity contribution in [2.45, 2.75) is 31.4 Å². The second-order valence-electron chi connectivity index (χ2n) is 5.09. The van der Waals surface area contributed by atoms with Crippen LogP contribution in [0, 0.1) is 6.92 Å². The number of rotatable bonds is 4. The van der Waals surface area contributed by atoms with E-state index in [1.54, 1.807) is 7.11 Å². The topological polar surface area (TPSA) is 38.5 Å². The average molecular weight is 234 g/mol. The molecule has 0 heterocycles. The van der Waals surface area contributed by atoms with E-state index in [0.717, 1.165) is 12.8 Å². The van der Waals surface area contributed by atoms with Gasteiger partial charge in [0.05, 0.1) is 11.6 Å². The third-order valence-corrected chi connectivity index (χ3v) is 4.03. The zero-order chi connectivity index (χ0) is 12.5. The minimum Gasteiger partial charge on any atom is -0.381 e. The summed E-state index contributed by atoms with van der Waals surface area (Å²) >= 11 is 0. The van der Waals surface area contributed by atoms with Gasteiger partial charge in [-0.1, -0.05) is 12.1 Å². The fourth-order valence-electron chi connectivity index (χ4n) is 2.64. The first-order chi connectivity index (χ1) is 8.11. The summed E-state index contributed by atoms with van der Waals surface area (Å²) in [6, 6.07) is 8.56.